The van der Waals surface area contributed by atoms with Crippen LogP contribution in [0.4, 0.5) is 5.69 Å². The van der Waals surface area contributed by atoms with Gasteiger partial charge in [0.15, 0.2) is 5.15 Å². The molecular weight excluding hydrogens is 230 g/mol. The van der Waals surface area contributed by atoms with Crippen molar-refractivity contribution >= 4 is 17.3 Å². The molecule has 0 spiro atoms. The zero-order valence-electron chi connectivity index (χ0n) is 9.31. The van der Waals surface area contributed by atoms with Crippen LogP contribution in [0.3, 0.4) is 0 Å². The van der Waals surface area contributed by atoms with Gasteiger partial charge >= 0.3 is 0 Å². The molecule has 0 bridgehead atoms. The molecule has 88 valence electrons. The topological polar surface area (TPSA) is 47.4 Å². The number of rotatable bonds is 1. The van der Waals surface area contributed by atoms with E-state index >= 15 is 0 Å². The normalized spacial score (nSPS) is 21.2. The number of aryl methyl sites for hydroxylation is 1. The van der Waals surface area contributed by atoms with Gasteiger partial charge in [-0.15, -0.1) is 0 Å². The van der Waals surface area contributed by atoms with Crippen LogP contribution in [0.5, 0.6) is 0 Å². The molecule has 1 aliphatic rings. The molecule has 6 heteroatoms. The number of aromatic nitrogens is 2. The Balaban J connectivity index is 2.42. The first kappa shape index (κ1) is 11.4. The smallest absolute Gasteiger partial charge is 0.290 e. The van der Waals surface area contributed by atoms with Gasteiger partial charge in [-0.25, -0.2) is 4.68 Å². The summed E-state index contributed by atoms with van der Waals surface area (Å²) in [6.07, 6.45) is 0. The van der Waals surface area contributed by atoms with E-state index in [0.717, 1.165) is 0 Å². The highest BCUT2D eigenvalue weighted by atomic mass is 35.5. The van der Waals surface area contributed by atoms with Crippen LogP contribution in [-0.4, -0.2) is 35.6 Å². The zero-order valence-corrected chi connectivity index (χ0v) is 10.1. The van der Waals surface area contributed by atoms with E-state index in [0.29, 0.717) is 30.6 Å². The van der Waals surface area contributed by atoms with Crippen molar-refractivity contribution in [2.24, 2.45) is 7.05 Å². The SMILES string of the molecule is C[C@H]1COCCN1c1cc(Cl)nn(C)c1=O. The van der Waals surface area contributed by atoms with E-state index in [1.165, 1.54) is 4.68 Å². The van der Waals surface area contributed by atoms with Crippen LogP contribution in [0.2, 0.25) is 5.15 Å². The number of hydrogen-bond donors (Lipinski definition) is 0. The van der Waals surface area contributed by atoms with Crippen molar-refractivity contribution in [3.8, 4) is 0 Å². The van der Waals surface area contributed by atoms with Crippen LogP contribution < -0.4 is 10.5 Å². The predicted octanol–water partition coefficient (Wildman–Crippen LogP) is 0.659. The summed E-state index contributed by atoms with van der Waals surface area (Å²) >= 11 is 5.86. The summed E-state index contributed by atoms with van der Waals surface area (Å²) in [5, 5.41) is 4.19. The van der Waals surface area contributed by atoms with Gasteiger partial charge in [-0.3, -0.25) is 4.79 Å². The van der Waals surface area contributed by atoms with Crippen LogP contribution >= 0.6 is 11.6 Å². The summed E-state index contributed by atoms with van der Waals surface area (Å²) in [6.45, 7) is 3.99. The monoisotopic (exact) mass is 243 g/mol. The molecule has 1 aliphatic heterocycles. The van der Waals surface area contributed by atoms with Crippen molar-refractivity contribution < 1.29 is 4.74 Å². The van der Waals surface area contributed by atoms with Crippen molar-refractivity contribution in [1.29, 1.82) is 0 Å². The van der Waals surface area contributed by atoms with Crippen molar-refractivity contribution in [3.63, 3.8) is 0 Å². The van der Waals surface area contributed by atoms with Gasteiger partial charge in [0, 0.05) is 25.7 Å². The number of nitrogens with zero attached hydrogens (tertiary/aromatic N) is 3. The number of morpholine rings is 1. The molecule has 16 heavy (non-hydrogen) atoms. The molecule has 1 aromatic rings. The van der Waals surface area contributed by atoms with Gasteiger partial charge in [0.1, 0.15) is 5.69 Å². The standard InChI is InChI=1S/C10H14ClN3O2/c1-7-6-16-4-3-14(7)8-5-9(11)12-13(2)10(8)15/h5,7H,3-4,6H2,1-2H3/t7-/m0/s1. The molecule has 1 atom stereocenters. The summed E-state index contributed by atoms with van der Waals surface area (Å²) in [4.78, 5) is 13.9. The molecule has 0 aromatic carbocycles. The van der Waals surface area contributed by atoms with E-state index in [9.17, 15) is 4.79 Å². The molecule has 2 heterocycles. The Bertz CT molecular complexity index is 446. The minimum Gasteiger partial charge on any atom is -0.377 e. The van der Waals surface area contributed by atoms with E-state index < -0.39 is 0 Å². The molecule has 0 radical (unpaired) electrons. The molecule has 0 unspecified atom stereocenters. The highest BCUT2D eigenvalue weighted by molar-refractivity contribution is 6.29. The average Bonchev–Trinajstić information content (AvgIpc) is 2.24. The lowest BCUT2D eigenvalue weighted by Crippen LogP contribution is -2.46. The molecular formula is C10H14ClN3O2. The Kier molecular flexibility index (Phi) is 3.16. The third-order valence-electron chi connectivity index (χ3n) is 2.69. The van der Waals surface area contributed by atoms with Gasteiger partial charge in [0.2, 0.25) is 0 Å². The van der Waals surface area contributed by atoms with E-state index in [1.54, 1.807) is 13.1 Å². The summed E-state index contributed by atoms with van der Waals surface area (Å²) in [5.41, 5.74) is 0.469. The second-order valence-electron chi connectivity index (χ2n) is 3.90. The highest BCUT2D eigenvalue weighted by Crippen LogP contribution is 2.17. The Labute approximate surface area is 98.6 Å². The Morgan fingerprint density at radius 3 is 3.06 bits per heavy atom. The molecule has 1 aromatic heterocycles. The first-order valence-electron chi connectivity index (χ1n) is 5.18. The van der Waals surface area contributed by atoms with Gasteiger partial charge in [-0.1, -0.05) is 11.6 Å². The van der Waals surface area contributed by atoms with Gasteiger partial charge in [0.25, 0.3) is 5.56 Å². The van der Waals surface area contributed by atoms with Gasteiger partial charge in [-0.05, 0) is 6.92 Å². The number of anilines is 1. The Morgan fingerprint density at radius 2 is 2.38 bits per heavy atom. The van der Waals surface area contributed by atoms with Gasteiger partial charge in [0.05, 0.1) is 13.2 Å². The van der Waals surface area contributed by atoms with Crippen LogP contribution in [0.25, 0.3) is 0 Å². The maximum absolute atomic E-state index is 11.9. The van der Waals surface area contributed by atoms with Gasteiger partial charge in [-0.2, -0.15) is 5.10 Å². The first-order chi connectivity index (χ1) is 7.59. The molecule has 0 N–H and O–H groups in total. The van der Waals surface area contributed by atoms with Crippen LogP contribution in [-0.2, 0) is 11.8 Å². The number of ether oxygens (including phenoxy) is 1. The largest absolute Gasteiger partial charge is 0.377 e. The summed E-state index contributed by atoms with van der Waals surface area (Å²) in [6, 6.07) is 1.80. The zero-order chi connectivity index (χ0) is 11.7. The van der Waals surface area contributed by atoms with E-state index in [2.05, 4.69) is 5.10 Å². The maximum atomic E-state index is 11.9. The molecule has 1 saturated heterocycles. The van der Waals surface area contributed by atoms with Gasteiger partial charge < -0.3 is 9.64 Å². The average molecular weight is 244 g/mol. The quantitative estimate of drug-likeness (QED) is 0.727. The summed E-state index contributed by atoms with van der Waals surface area (Å²) in [5.74, 6) is 0. The Hall–Kier alpha value is -1.07. The second kappa shape index (κ2) is 4.43. The third kappa shape index (κ3) is 2.05. The predicted molar refractivity (Wildman–Crippen MR) is 62.1 cm³/mol. The Morgan fingerprint density at radius 1 is 1.62 bits per heavy atom. The van der Waals surface area contributed by atoms with Crippen molar-refractivity contribution in [3.05, 3.63) is 21.6 Å². The number of hydrogen-bond acceptors (Lipinski definition) is 4. The third-order valence-corrected chi connectivity index (χ3v) is 2.88. The van der Waals surface area contributed by atoms with Crippen LogP contribution in [0, 0.1) is 0 Å². The molecule has 1 fully saturated rings. The maximum Gasteiger partial charge on any atom is 0.290 e. The van der Waals surface area contributed by atoms with E-state index in [4.69, 9.17) is 16.3 Å². The van der Waals surface area contributed by atoms with E-state index in [-0.39, 0.29) is 11.6 Å². The molecule has 2 rings (SSSR count). The van der Waals surface area contributed by atoms with Crippen LogP contribution in [0.1, 0.15) is 6.92 Å². The number of halogens is 1. The molecule has 5 nitrogen and oxygen atoms in total. The first-order valence-corrected chi connectivity index (χ1v) is 5.55. The van der Waals surface area contributed by atoms with Crippen LogP contribution in [0.15, 0.2) is 10.9 Å². The summed E-state index contributed by atoms with van der Waals surface area (Å²) in [7, 11) is 1.60. The minimum atomic E-state index is -0.127. The van der Waals surface area contributed by atoms with Crippen molar-refractivity contribution in [1.82, 2.24) is 9.78 Å². The lowest BCUT2D eigenvalue weighted by atomic mass is 10.2. The fourth-order valence-corrected chi connectivity index (χ4v) is 2.07. The lowest BCUT2D eigenvalue weighted by molar-refractivity contribution is 0.0987. The summed E-state index contributed by atoms with van der Waals surface area (Å²) < 4.78 is 6.60. The van der Waals surface area contributed by atoms with Crippen molar-refractivity contribution in [2.45, 2.75) is 13.0 Å². The minimum absolute atomic E-state index is 0.127. The fraction of sp³-hybridized carbons (Fsp3) is 0.600. The van der Waals surface area contributed by atoms with E-state index in [1.807, 2.05) is 11.8 Å². The second-order valence-corrected chi connectivity index (χ2v) is 4.29. The highest BCUT2D eigenvalue weighted by Gasteiger charge is 2.22. The molecule has 0 amide bonds. The lowest BCUT2D eigenvalue weighted by Gasteiger charge is -2.34. The molecule has 0 aliphatic carbocycles. The molecule has 0 saturated carbocycles. The fourth-order valence-electron chi connectivity index (χ4n) is 1.85. The van der Waals surface area contributed by atoms with Crippen molar-refractivity contribution in [2.75, 3.05) is 24.7 Å².